The molecule has 2 aliphatic heterocycles. The Bertz CT molecular complexity index is 188. The summed E-state index contributed by atoms with van der Waals surface area (Å²) >= 11 is 0. The lowest BCUT2D eigenvalue weighted by atomic mass is 10.2. The predicted octanol–water partition coefficient (Wildman–Crippen LogP) is 0.00240. The van der Waals surface area contributed by atoms with Gasteiger partial charge in [0, 0.05) is 25.7 Å². The lowest BCUT2D eigenvalue weighted by molar-refractivity contribution is 0.0374. The maximum atomic E-state index is 5.34. The molecule has 0 saturated carbocycles. The molecular weight excluding hydrogens is 202 g/mol. The molecule has 1 N–H and O–H groups in total. The molecule has 2 fully saturated rings. The molecule has 1 unspecified atom stereocenters. The van der Waals surface area contributed by atoms with Crippen LogP contribution in [-0.2, 0) is 4.74 Å². The van der Waals surface area contributed by atoms with Crippen molar-refractivity contribution < 1.29 is 4.74 Å². The third-order valence-corrected chi connectivity index (χ3v) is 3.58. The van der Waals surface area contributed by atoms with Crippen LogP contribution in [0.2, 0.25) is 0 Å². The fourth-order valence-electron chi connectivity index (χ4n) is 2.54. The quantitative estimate of drug-likeness (QED) is 0.669. The van der Waals surface area contributed by atoms with Gasteiger partial charge in [-0.05, 0) is 39.5 Å². The van der Waals surface area contributed by atoms with Crippen LogP contribution in [0.3, 0.4) is 0 Å². The first-order chi connectivity index (χ1) is 7.84. The monoisotopic (exact) mass is 227 g/mol. The third-order valence-electron chi connectivity index (χ3n) is 3.58. The highest BCUT2D eigenvalue weighted by Gasteiger charge is 2.18. The van der Waals surface area contributed by atoms with Crippen molar-refractivity contribution in [2.45, 2.75) is 18.9 Å². The summed E-state index contributed by atoms with van der Waals surface area (Å²) in [5.41, 5.74) is 0. The fourth-order valence-corrected chi connectivity index (χ4v) is 2.54. The largest absolute Gasteiger partial charge is 0.379 e. The van der Waals surface area contributed by atoms with Gasteiger partial charge in [0.25, 0.3) is 0 Å². The van der Waals surface area contributed by atoms with E-state index >= 15 is 0 Å². The number of ether oxygens (including phenoxy) is 1. The molecule has 4 nitrogen and oxygen atoms in total. The molecule has 0 aromatic carbocycles. The van der Waals surface area contributed by atoms with E-state index in [0.29, 0.717) is 0 Å². The van der Waals surface area contributed by atoms with E-state index in [4.69, 9.17) is 4.74 Å². The van der Waals surface area contributed by atoms with Crippen LogP contribution in [-0.4, -0.2) is 75.4 Å². The molecule has 1 atom stereocenters. The van der Waals surface area contributed by atoms with E-state index in [1.807, 2.05) is 0 Å². The number of likely N-dealkylation sites (N-methyl/N-ethyl adjacent to an activating group) is 1. The molecule has 0 aromatic heterocycles. The molecule has 2 rings (SSSR count). The van der Waals surface area contributed by atoms with Crippen LogP contribution < -0.4 is 5.32 Å². The van der Waals surface area contributed by atoms with Crippen LogP contribution in [0.25, 0.3) is 0 Å². The number of hydrogen-bond acceptors (Lipinski definition) is 4. The zero-order chi connectivity index (χ0) is 11.2. The summed E-state index contributed by atoms with van der Waals surface area (Å²) in [6.07, 6.45) is 2.58. The second-order valence-corrected chi connectivity index (χ2v) is 5.01. The van der Waals surface area contributed by atoms with Crippen molar-refractivity contribution in [3.63, 3.8) is 0 Å². The fraction of sp³-hybridized carbons (Fsp3) is 1.00. The Labute approximate surface area is 98.9 Å². The second kappa shape index (κ2) is 6.55. The van der Waals surface area contributed by atoms with Crippen LogP contribution in [0.15, 0.2) is 0 Å². The van der Waals surface area contributed by atoms with E-state index in [-0.39, 0.29) is 0 Å². The lowest BCUT2D eigenvalue weighted by Gasteiger charge is -2.26. The van der Waals surface area contributed by atoms with Gasteiger partial charge in [-0.2, -0.15) is 0 Å². The number of nitrogens with one attached hydrogen (secondary N) is 1. The summed E-state index contributed by atoms with van der Waals surface area (Å²) in [5.74, 6) is 0. The lowest BCUT2D eigenvalue weighted by Crippen LogP contribution is -2.39. The Morgan fingerprint density at radius 3 is 2.75 bits per heavy atom. The zero-order valence-electron chi connectivity index (χ0n) is 10.5. The van der Waals surface area contributed by atoms with Crippen LogP contribution in [0.1, 0.15) is 12.8 Å². The van der Waals surface area contributed by atoms with Crippen molar-refractivity contribution in [2.24, 2.45) is 0 Å². The normalized spacial score (nSPS) is 28.7. The van der Waals surface area contributed by atoms with E-state index in [1.54, 1.807) is 0 Å². The van der Waals surface area contributed by atoms with Crippen LogP contribution >= 0.6 is 0 Å². The van der Waals surface area contributed by atoms with E-state index in [2.05, 4.69) is 22.2 Å². The number of nitrogens with zero attached hydrogens (tertiary/aromatic N) is 2. The Hall–Kier alpha value is -0.160. The van der Waals surface area contributed by atoms with E-state index in [9.17, 15) is 0 Å². The van der Waals surface area contributed by atoms with Gasteiger partial charge in [0.15, 0.2) is 0 Å². The molecule has 0 radical (unpaired) electrons. The first-order valence-corrected chi connectivity index (χ1v) is 6.56. The molecule has 0 amide bonds. The smallest absolute Gasteiger partial charge is 0.0594 e. The van der Waals surface area contributed by atoms with Crippen LogP contribution in [0, 0.1) is 0 Å². The second-order valence-electron chi connectivity index (χ2n) is 5.01. The van der Waals surface area contributed by atoms with Crippen LogP contribution in [0.4, 0.5) is 0 Å². The molecule has 2 heterocycles. The van der Waals surface area contributed by atoms with Crippen LogP contribution in [0.5, 0.6) is 0 Å². The van der Waals surface area contributed by atoms with Crippen molar-refractivity contribution in [3.8, 4) is 0 Å². The Balaban J connectivity index is 1.48. The summed E-state index contributed by atoms with van der Waals surface area (Å²) in [6, 6.07) is 0.731. The SMILES string of the molecule is CN1CCC(NCCCN2CCOCC2)C1. The molecule has 4 heteroatoms. The topological polar surface area (TPSA) is 27.7 Å². The highest BCUT2D eigenvalue weighted by molar-refractivity contribution is 4.78. The predicted molar refractivity (Wildman–Crippen MR) is 65.8 cm³/mol. The molecule has 0 aliphatic carbocycles. The first-order valence-electron chi connectivity index (χ1n) is 6.56. The van der Waals surface area contributed by atoms with Crippen molar-refractivity contribution in [1.82, 2.24) is 15.1 Å². The zero-order valence-corrected chi connectivity index (χ0v) is 10.5. The molecule has 0 bridgehead atoms. The van der Waals surface area contributed by atoms with Crippen molar-refractivity contribution in [2.75, 3.05) is 59.5 Å². The van der Waals surface area contributed by atoms with Gasteiger partial charge in [-0.1, -0.05) is 0 Å². The van der Waals surface area contributed by atoms with Crippen molar-refractivity contribution >= 4 is 0 Å². The molecule has 0 aromatic rings. The molecule has 0 spiro atoms. The van der Waals surface area contributed by atoms with Gasteiger partial charge in [-0.3, -0.25) is 4.90 Å². The standard InChI is InChI=1S/C12H25N3O/c1-14-6-3-12(11-14)13-4-2-5-15-7-9-16-10-8-15/h12-13H,2-11H2,1H3. The maximum Gasteiger partial charge on any atom is 0.0594 e. The molecule has 2 aliphatic rings. The van der Waals surface area contributed by atoms with Gasteiger partial charge in [0.2, 0.25) is 0 Å². The average molecular weight is 227 g/mol. The third kappa shape index (κ3) is 4.01. The van der Waals surface area contributed by atoms with Crippen molar-refractivity contribution in [3.05, 3.63) is 0 Å². The Kier molecular flexibility index (Phi) is 5.03. The number of morpholine rings is 1. The summed E-state index contributed by atoms with van der Waals surface area (Å²) in [6.45, 7) is 8.92. The van der Waals surface area contributed by atoms with E-state index in [0.717, 1.165) is 38.9 Å². The van der Waals surface area contributed by atoms with Gasteiger partial charge >= 0.3 is 0 Å². The van der Waals surface area contributed by atoms with E-state index < -0.39 is 0 Å². The minimum Gasteiger partial charge on any atom is -0.379 e. The Morgan fingerprint density at radius 2 is 2.06 bits per heavy atom. The molecule has 16 heavy (non-hydrogen) atoms. The summed E-state index contributed by atoms with van der Waals surface area (Å²) in [4.78, 5) is 4.91. The highest BCUT2D eigenvalue weighted by atomic mass is 16.5. The Morgan fingerprint density at radius 1 is 1.25 bits per heavy atom. The number of rotatable bonds is 5. The number of likely N-dealkylation sites (tertiary alicyclic amines) is 1. The molecular formula is C12H25N3O. The maximum absolute atomic E-state index is 5.34. The van der Waals surface area contributed by atoms with Gasteiger partial charge in [0.1, 0.15) is 0 Å². The van der Waals surface area contributed by atoms with Gasteiger partial charge in [-0.25, -0.2) is 0 Å². The molecule has 94 valence electrons. The summed E-state index contributed by atoms with van der Waals surface area (Å²) in [5, 5.41) is 3.65. The summed E-state index contributed by atoms with van der Waals surface area (Å²) < 4.78 is 5.34. The van der Waals surface area contributed by atoms with Crippen molar-refractivity contribution in [1.29, 1.82) is 0 Å². The van der Waals surface area contributed by atoms with Gasteiger partial charge in [0.05, 0.1) is 13.2 Å². The first kappa shape index (κ1) is 12.3. The van der Waals surface area contributed by atoms with Gasteiger partial charge in [-0.15, -0.1) is 0 Å². The average Bonchev–Trinajstić information content (AvgIpc) is 2.72. The van der Waals surface area contributed by atoms with Gasteiger partial charge < -0.3 is 15.0 Å². The minimum atomic E-state index is 0.731. The molecule has 2 saturated heterocycles. The number of hydrogen-bond donors (Lipinski definition) is 1. The van der Waals surface area contributed by atoms with E-state index in [1.165, 1.54) is 32.5 Å². The minimum absolute atomic E-state index is 0.731. The highest BCUT2D eigenvalue weighted by Crippen LogP contribution is 2.05. The summed E-state index contributed by atoms with van der Waals surface area (Å²) in [7, 11) is 2.20.